The molecular formula is C18H17NO3. The van der Waals surface area contributed by atoms with Crippen LogP contribution in [-0.2, 0) is 20.9 Å². The van der Waals surface area contributed by atoms with Gasteiger partial charge in [-0.05, 0) is 17.2 Å². The van der Waals surface area contributed by atoms with E-state index >= 15 is 0 Å². The van der Waals surface area contributed by atoms with E-state index in [1.165, 1.54) is 6.92 Å². The fourth-order valence-corrected chi connectivity index (χ4v) is 2.74. The molecule has 4 heteroatoms. The second-order valence-electron chi connectivity index (χ2n) is 5.33. The smallest absolute Gasteiger partial charge is 0.315 e. The van der Waals surface area contributed by atoms with Crippen molar-refractivity contribution in [2.45, 2.75) is 19.4 Å². The molecular weight excluding hydrogens is 278 g/mol. The SMILES string of the molecule is CC(=O)N1CC(C(=O)OCc2ccccc2)c2ccccc21. The van der Waals surface area contributed by atoms with Gasteiger partial charge in [-0.2, -0.15) is 0 Å². The Balaban J connectivity index is 1.75. The van der Waals surface area contributed by atoms with Crippen molar-refractivity contribution in [1.29, 1.82) is 0 Å². The molecule has 0 fully saturated rings. The van der Waals surface area contributed by atoms with Crippen molar-refractivity contribution in [1.82, 2.24) is 0 Å². The molecule has 1 atom stereocenters. The number of anilines is 1. The molecule has 0 aromatic heterocycles. The predicted molar refractivity (Wildman–Crippen MR) is 83.4 cm³/mol. The summed E-state index contributed by atoms with van der Waals surface area (Å²) in [6.45, 7) is 2.11. The van der Waals surface area contributed by atoms with Crippen molar-refractivity contribution >= 4 is 17.6 Å². The molecule has 1 aliphatic heterocycles. The molecule has 22 heavy (non-hydrogen) atoms. The van der Waals surface area contributed by atoms with Crippen LogP contribution in [0, 0.1) is 0 Å². The minimum atomic E-state index is -0.413. The van der Waals surface area contributed by atoms with Crippen LogP contribution in [0.15, 0.2) is 54.6 Å². The topological polar surface area (TPSA) is 46.6 Å². The number of rotatable bonds is 3. The number of para-hydroxylation sites is 1. The Morgan fingerprint density at radius 3 is 2.50 bits per heavy atom. The zero-order chi connectivity index (χ0) is 15.5. The van der Waals surface area contributed by atoms with Crippen molar-refractivity contribution in [3.05, 3.63) is 65.7 Å². The van der Waals surface area contributed by atoms with E-state index in [1.807, 2.05) is 54.6 Å². The van der Waals surface area contributed by atoms with E-state index in [9.17, 15) is 9.59 Å². The number of benzene rings is 2. The summed E-state index contributed by atoms with van der Waals surface area (Å²) in [6, 6.07) is 17.1. The summed E-state index contributed by atoms with van der Waals surface area (Å²) < 4.78 is 5.42. The highest BCUT2D eigenvalue weighted by molar-refractivity contribution is 5.97. The normalized spacial score (nSPS) is 16.2. The highest BCUT2D eigenvalue weighted by Crippen LogP contribution is 2.36. The van der Waals surface area contributed by atoms with Crippen molar-refractivity contribution < 1.29 is 14.3 Å². The number of carbonyl (C=O) groups is 2. The van der Waals surface area contributed by atoms with Crippen LogP contribution in [0.5, 0.6) is 0 Å². The van der Waals surface area contributed by atoms with Crippen LogP contribution >= 0.6 is 0 Å². The minimum Gasteiger partial charge on any atom is -0.460 e. The van der Waals surface area contributed by atoms with E-state index in [0.29, 0.717) is 6.54 Å². The Hall–Kier alpha value is -2.62. The summed E-state index contributed by atoms with van der Waals surface area (Å²) in [5.41, 5.74) is 2.61. The molecule has 0 radical (unpaired) electrons. The van der Waals surface area contributed by atoms with Crippen LogP contribution in [0.2, 0.25) is 0 Å². The molecule has 0 saturated carbocycles. The second kappa shape index (κ2) is 6.02. The van der Waals surface area contributed by atoms with Crippen molar-refractivity contribution in [3.63, 3.8) is 0 Å². The maximum atomic E-state index is 12.4. The maximum Gasteiger partial charge on any atom is 0.315 e. The molecule has 0 N–H and O–H groups in total. The van der Waals surface area contributed by atoms with E-state index < -0.39 is 5.92 Å². The molecule has 2 aromatic carbocycles. The molecule has 1 unspecified atom stereocenters. The van der Waals surface area contributed by atoms with Crippen molar-refractivity contribution in [2.24, 2.45) is 0 Å². The van der Waals surface area contributed by atoms with Gasteiger partial charge < -0.3 is 9.64 Å². The van der Waals surface area contributed by atoms with Crippen molar-refractivity contribution in [3.8, 4) is 0 Å². The molecule has 3 rings (SSSR count). The Morgan fingerprint density at radius 2 is 1.77 bits per heavy atom. The van der Waals surface area contributed by atoms with Gasteiger partial charge in [0.2, 0.25) is 5.91 Å². The van der Waals surface area contributed by atoms with E-state index in [0.717, 1.165) is 16.8 Å². The molecule has 1 amide bonds. The lowest BCUT2D eigenvalue weighted by Crippen LogP contribution is -2.29. The molecule has 0 saturated heterocycles. The summed E-state index contributed by atoms with van der Waals surface area (Å²) in [7, 11) is 0. The number of nitrogens with zero attached hydrogens (tertiary/aromatic N) is 1. The molecule has 0 aliphatic carbocycles. The summed E-state index contributed by atoms with van der Waals surface area (Å²) >= 11 is 0. The van der Waals surface area contributed by atoms with Gasteiger partial charge in [-0.1, -0.05) is 48.5 Å². The van der Waals surface area contributed by atoms with Gasteiger partial charge in [-0.25, -0.2) is 0 Å². The third kappa shape index (κ3) is 2.72. The van der Waals surface area contributed by atoms with Gasteiger partial charge in [0, 0.05) is 19.2 Å². The molecule has 4 nitrogen and oxygen atoms in total. The lowest BCUT2D eigenvalue weighted by molar-refractivity contribution is -0.146. The Morgan fingerprint density at radius 1 is 1.09 bits per heavy atom. The number of hydrogen-bond donors (Lipinski definition) is 0. The minimum absolute atomic E-state index is 0.0641. The maximum absolute atomic E-state index is 12.4. The molecule has 2 aromatic rings. The first kappa shape index (κ1) is 14.3. The largest absolute Gasteiger partial charge is 0.460 e. The van der Waals surface area contributed by atoms with Crippen LogP contribution in [0.25, 0.3) is 0 Å². The third-order valence-corrected chi connectivity index (χ3v) is 3.86. The summed E-state index contributed by atoms with van der Waals surface area (Å²) in [5, 5.41) is 0. The van der Waals surface area contributed by atoms with E-state index in [2.05, 4.69) is 0 Å². The van der Waals surface area contributed by atoms with E-state index in [1.54, 1.807) is 4.90 Å². The second-order valence-corrected chi connectivity index (χ2v) is 5.33. The van der Waals surface area contributed by atoms with Crippen LogP contribution < -0.4 is 4.90 Å². The molecule has 1 heterocycles. The van der Waals surface area contributed by atoms with Gasteiger partial charge in [0.05, 0.1) is 0 Å². The predicted octanol–water partition coefficient (Wildman–Crippen LogP) is 2.88. The van der Waals surface area contributed by atoms with E-state index in [4.69, 9.17) is 4.74 Å². The van der Waals surface area contributed by atoms with E-state index in [-0.39, 0.29) is 18.5 Å². The van der Waals surface area contributed by atoms with Crippen LogP contribution in [0.4, 0.5) is 5.69 Å². The Labute approximate surface area is 129 Å². The molecule has 112 valence electrons. The molecule has 0 bridgehead atoms. The quantitative estimate of drug-likeness (QED) is 0.818. The fourth-order valence-electron chi connectivity index (χ4n) is 2.74. The Kier molecular flexibility index (Phi) is 3.92. The number of hydrogen-bond acceptors (Lipinski definition) is 3. The van der Waals surface area contributed by atoms with Gasteiger partial charge >= 0.3 is 5.97 Å². The number of amides is 1. The summed E-state index contributed by atoms with van der Waals surface area (Å²) in [4.78, 5) is 25.7. The standard InChI is InChI=1S/C18H17NO3/c1-13(20)19-11-16(15-9-5-6-10-17(15)19)18(21)22-12-14-7-3-2-4-8-14/h2-10,16H,11-12H2,1H3. The molecule has 0 spiro atoms. The lowest BCUT2D eigenvalue weighted by Gasteiger charge is -2.15. The third-order valence-electron chi connectivity index (χ3n) is 3.86. The van der Waals surface area contributed by atoms with Crippen molar-refractivity contribution in [2.75, 3.05) is 11.4 Å². The number of fused-ring (bicyclic) bond motifs is 1. The Bertz CT molecular complexity index is 696. The number of carbonyl (C=O) groups excluding carboxylic acids is 2. The van der Waals surface area contributed by atoms with Gasteiger partial charge in [-0.15, -0.1) is 0 Å². The zero-order valence-corrected chi connectivity index (χ0v) is 12.4. The molecule has 1 aliphatic rings. The average molecular weight is 295 g/mol. The number of esters is 1. The zero-order valence-electron chi connectivity index (χ0n) is 12.4. The highest BCUT2D eigenvalue weighted by Gasteiger charge is 2.36. The van der Waals surface area contributed by atoms with Gasteiger partial charge in [0.25, 0.3) is 0 Å². The highest BCUT2D eigenvalue weighted by atomic mass is 16.5. The summed E-state index contributed by atoms with van der Waals surface area (Å²) in [5.74, 6) is -0.769. The van der Waals surface area contributed by atoms with Crippen LogP contribution in [-0.4, -0.2) is 18.4 Å². The monoisotopic (exact) mass is 295 g/mol. The first-order chi connectivity index (χ1) is 10.7. The van der Waals surface area contributed by atoms with Gasteiger partial charge in [0.1, 0.15) is 12.5 Å². The van der Waals surface area contributed by atoms with Gasteiger partial charge in [0.15, 0.2) is 0 Å². The fraction of sp³-hybridized carbons (Fsp3) is 0.222. The van der Waals surface area contributed by atoms with Crippen LogP contribution in [0.1, 0.15) is 24.0 Å². The van der Waals surface area contributed by atoms with Crippen LogP contribution in [0.3, 0.4) is 0 Å². The summed E-state index contributed by atoms with van der Waals surface area (Å²) in [6.07, 6.45) is 0. The first-order valence-corrected chi connectivity index (χ1v) is 7.24. The lowest BCUT2D eigenvalue weighted by atomic mass is 10.0. The number of ether oxygens (including phenoxy) is 1. The van der Waals surface area contributed by atoms with Gasteiger partial charge in [-0.3, -0.25) is 9.59 Å². The first-order valence-electron chi connectivity index (χ1n) is 7.24. The average Bonchev–Trinajstić information content (AvgIpc) is 2.93.